The van der Waals surface area contributed by atoms with Gasteiger partial charge in [0.1, 0.15) is 5.76 Å². The van der Waals surface area contributed by atoms with Crippen LogP contribution in [-0.2, 0) is 16.3 Å². The van der Waals surface area contributed by atoms with Crippen molar-refractivity contribution < 1.29 is 17.7 Å². The molecule has 1 aromatic heterocycles. The molecule has 0 aliphatic heterocycles. The number of nitrogens with two attached hydrogens (primary N) is 1. The standard InChI is InChI=1S/C20H18N2O4S/c1-10-18(11(2)26-22-10)13-8-15-14(16(9-13)20(21)23)7-12-5-4-6-17(19(12)15)27(3,24)25/h4-6,8-9H,7H2,1-3H3,(H2,21,23). The summed E-state index contributed by atoms with van der Waals surface area (Å²) in [6, 6.07) is 8.83. The molecule has 0 unspecified atom stereocenters. The van der Waals surface area contributed by atoms with Gasteiger partial charge in [0.05, 0.1) is 10.6 Å². The summed E-state index contributed by atoms with van der Waals surface area (Å²) < 4.78 is 29.9. The van der Waals surface area contributed by atoms with Gasteiger partial charge in [0.25, 0.3) is 0 Å². The molecule has 0 saturated heterocycles. The van der Waals surface area contributed by atoms with Crippen molar-refractivity contribution in [1.82, 2.24) is 5.16 Å². The van der Waals surface area contributed by atoms with Crippen LogP contribution in [-0.4, -0.2) is 25.7 Å². The van der Waals surface area contributed by atoms with Crippen molar-refractivity contribution in [3.63, 3.8) is 0 Å². The number of carbonyl (C=O) groups excluding carboxylic acids is 1. The Morgan fingerprint density at radius 2 is 1.93 bits per heavy atom. The first-order valence-corrected chi connectivity index (χ1v) is 10.3. The number of sulfone groups is 1. The summed E-state index contributed by atoms with van der Waals surface area (Å²) in [5, 5.41) is 3.97. The van der Waals surface area contributed by atoms with Crippen molar-refractivity contribution in [3.05, 3.63) is 58.5 Å². The molecule has 2 N–H and O–H groups in total. The minimum absolute atomic E-state index is 0.255. The third-order valence-corrected chi connectivity index (χ3v) is 6.13. The highest BCUT2D eigenvalue weighted by molar-refractivity contribution is 7.90. The van der Waals surface area contributed by atoms with E-state index in [9.17, 15) is 13.2 Å². The fraction of sp³-hybridized carbons (Fsp3) is 0.200. The molecule has 27 heavy (non-hydrogen) atoms. The maximum Gasteiger partial charge on any atom is 0.249 e. The van der Waals surface area contributed by atoms with E-state index in [0.29, 0.717) is 29.0 Å². The molecule has 1 aliphatic rings. The van der Waals surface area contributed by atoms with Gasteiger partial charge in [-0.3, -0.25) is 4.79 Å². The summed E-state index contributed by atoms with van der Waals surface area (Å²) in [7, 11) is -3.43. The molecule has 3 aromatic rings. The van der Waals surface area contributed by atoms with Gasteiger partial charge in [-0.25, -0.2) is 8.42 Å². The van der Waals surface area contributed by atoms with E-state index in [2.05, 4.69) is 5.16 Å². The minimum atomic E-state index is -3.43. The predicted octanol–water partition coefficient (Wildman–Crippen LogP) is 3.03. The number of aromatic nitrogens is 1. The van der Waals surface area contributed by atoms with Gasteiger partial charge < -0.3 is 10.3 Å². The van der Waals surface area contributed by atoms with Crippen LogP contribution in [0.1, 0.15) is 32.9 Å². The Kier molecular flexibility index (Phi) is 3.75. The average molecular weight is 382 g/mol. The topological polar surface area (TPSA) is 103 Å². The summed E-state index contributed by atoms with van der Waals surface area (Å²) in [6.07, 6.45) is 1.65. The highest BCUT2D eigenvalue weighted by atomic mass is 32.2. The lowest BCUT2D eigenvalue weighted by Gasteiger charge is -2.12. The van der Waals surface area contributed by atoms with Gasteiger partial charge in [-0.05, 0) is 60.7 Å². The summed E-state index contributed by atoms with van der Waals surface area (Å²) in [5.74, 6) is 0.0751. The third kappa shape index (κ3) is 2.66. The second-order valence-corrected chi connectivity index (χ2v) is 8.84. The Morgan fingerprint density at radius 1 is 1.19 bits per heavy atom. The van der Waals surface area contributed by atoms with E-state index in [1.54, 1.807) is 25.1 Å². The summed E-state index contributed by atoms with van der Waals surface area (Å²) >= 11 is 0. The predicted molar refractivity (Wildman–Crippen MR) is 101 cm³/mol. The molecular weight excluding hydrogens is 364 g/mol. The van der Waals surface area contributed by atoms with Crippen LogP contribution >= 0.6 is 0 Å². The van der Waals surface area contributed by atoms with Crippen LogP contribution in [0, 0.1) is 13.8 Å². The second-order valence-electron chi connectivity index (χ2n) is 6.85. The normalized spacial score (nSPS) is 12.7. The molecule has 0 spiro atoms. The van der Waals surface area contributed by atoms with Crippen LogP contribution in [0.25, 0.3) is 22.3 Å². The van der Waals surface area contributed by atoms with E-state index in [-0.39, 0.29) is 4.90 Å². The Morgan fingerprint density at radius 3 is 2.52 bits per heavy atom. The fourth-order valence-corrected chi connectivity index (χ4v) is 4.81. The lowest BCUT2D eigenvalue weighted by atomic mass is 9.93. The average Bonchev–Trinajstić information content (AvgIpc) is 3.12. The van der Waals surface area contributed by atoms with Crippen molar-refractivity contribution in [1.29, 1.82) is 0 Å². The molecule has 4 rings (SSSR count). The molecule has 6 nitrogen and oxygen atoms in total. The first kappa shape index (κ1) is 17.5. The molecule has 0 atom stereocenters. The quantitative estimate of drug-likeness (QED) is 0.586. The lowest BCUT2D eigenvalue weighted by molar-refractivity contribution is 0.0999. The van der Waals surface area contributed by atoms with Gasteiger partial charge in [-0.2, -0.15) is 0 Å². The number of carbonyl (C=O) groups is 1. The van der Waals surface area contributed by atoms with Crippen LogP contribution in [0.5, 0.6) is 0 Å². The van der Waals surface area contributed by atoms with E-state index >= 15 is 0 Å². The van der Waals surface area contributed by atoms with Crippen molar-refractivity contribution in [3.8, 4) is 22.3 Å². The summed E-state index contributed by atoms with van der Waals surface area (Å²) in [6.45, 7) is 3.61. The molecule has 2 aromatic carbocycles. The molecule has 7 heteroatoms. The molecule has 0 bridgehead atoms. The van der Waals surface area contributed by atoms with E-state index < -0.39 is 15.7 Å². The van der Waals surface area contributed by atoms with Gasteiger partial charge in [0.2, 0.25) is 5.91 Å². The maximum atomic E-state index is 12.3. The number of benzene rings is 2. The van der Waals surface area contributed by atoms with Gasteiger partial charge in [-0.1, -0.05) is 17.3 Å². The Bertz CT molecular complexity index is 1200. The van der Waals surface area contributed by atoms with E-state index in [4.69, 9.17) is 10.3 Å². The zero-order chi connectivity index (χ0) is 19.5. The van der Waals surface area contributed by atoms with Crippen molar-refractivity contribution in [2.45, 2.75) is 25.2 Å². The number of hydrogen-bond acceptors (Lipinski definition) is 5. The zero-order valence-corrected chi connectivity index (χ0v) is 16.0. The monoisotopic (exact) mass is 382 g/mol. The second kappa shape index (κ2) is 5.79. The van der Waals surface area contributed by atoms with Crippen molar-refractivity contribution in [2.75, 3.05) is 6.26 Å². The van der Waals surface area contributed by atoms with Crippen molar-refractivity contribution in [2.24, 2.45) is 5.73 Å². The van der Waals surface area contributed by atoms with E-state index in [1.165, 1.54) is 6.26 Å². The highest BCUT2D eigenvalue weighted by Gasteiger charge is 2.29. The first-order chi connectivity index (χ1) is 12.7. The van der Waals surface area contributed by atoms with Gasteiger partial charge in [-0.15, -0.1) is 0 Å². The molecule has 1 aliphatic carbocycles. The number of amides is 1. The number of hydrogen-bond donors (Lipinski definition) is 1. The van der Waals surface area contributed by atoms with Crippen LogP contribution in [0.4, 0.5) is 0 Å². The highest BCUT2D eigenvalue weighted by Crippen LogP contribution is 2.44. The van der Waals surface area contributed by atoms with Crippen LogP contribution in [0.15, 0.2) is 39.8 Å². The molecular formula is C20H18N2O4S. The van der Waals surface area contributed by atoms with E-state index in [1.807, 2.05) is 19.1 Å². The SMILES string of the molecule is Cc1noc(C)c1-c1cc(C(N)=O)c2c(c1)-c1c(cccc1S(C)(=O)=O)C2. The molecule has 0 radical (unpaired) electrons. The Balaban J connectivity index is 2.09. The fourth-order valence-electron chi connectivity index (χ4n) is 3.87. The van der Waals surface area contributed by atoms with Crippen LogP contribution < -0.4 is 5.73 Å². The Labute approximate surface area is 156 Å². The molecule has 138 valence electrons. The molecule has 0 fully saturated rings. The van der Waals surface area contributed by atoms with Gasteiger partial charge in [0, 0.05) is 22.9 Å². The van der Waals surface area contributed by atoms with Crippen LogP contribution in [0.3, 0.4) is 0 Å². The lowest BCUT2D eigenvalue weighted by Crippen LogP contribution is -2.14. The van der Waals surface area contributed by atoms with Crippen LogP contribution in [0.2, 0.25) is 0 Å². The smallest absolute Gasteiger partial charge is 0.249 e. The number of primary amides is 1. The largest absolute Gasteiger partial charge is 0.366 e. The zero-order valence-electron chi connectivity index (χ0n) is 15.2. The molecule has 0 saturated carbocycles. The summed E-state index contributed by atoms with van der Waals surface area (Å²) in [5.41, 5.74) is 11.2. The van der Waals surface area contributed by atoms with Gasteiger partial charge in [0.15, 0.2) is 9.84 Å². The summed E-state index contributed by atoms with van der Waals surface area (Å²) in [4.78, 5) is 12.4. The first-order valence-electron chi connectivity index (χ1n) is 8.40. The number of nitrogens with zero attached hydrogens (tertiary/aromatic N) is 1. The minimum Gasteiger partial charge on any atom is -0.366 e. The third-order valence-electron chi connectivity index (χ3n) is 4.99. The van der Waals surface area contributed by atoms with Gasteiger partial charge >= 0.3 is 0 Å². The van der Waals surface area contributed by atoms with Crippen molar-refractivity contribution >= 4 is 15.7 Å². The number of fused-ring (bicyclic) bond motifs is 3. The molecule has 1 amide bonds. The number of rotatable bonds is 3. The maximum absolute atomic E-state index is 12.3. The van der Waals surface area contributed by atoms with E-state index in [0.717, 1.165) is 27.8 Å². The number of aryl methyl sites for hydroxylation is 2. The molecule has 1 heterocycles. The Hall–Kier alpha value is -2.93.